The lowest BCUT2D eigenvalue weighted by Crippen LogP contribution is -2.32. The van der Waals surface area contributed by atoms with Gasteiger partial charge in [-0.15, -0.1) is 11.3 Å². The molecule has 0 unspecified atom stereocenters. The molecule has 0 fully saturated rings. The summed E-state index contributed by atoms with van der Waals surface area (Å²) in [5, 5.41) is 2.95. The Morgan fingerprint density at radius 3 is 2.45 bits per heavy atom. The van der Waals surface area contributed by atoms with Crippen molar-refractivity contribution in [3.8, 4) is 0 Å². The number of H-pyrrole nitrogens is 1. The van der Waals surface area contributed by atoms with Crippen molar-refractivity contribution in [3.63, 3.8) is 0 Å². The maximum Gasteiger partial charge on any atom is 0.252 e. The van der Waals surface area contributed by atoms with Crippen molar-refractivity contribution in [2.24, 2.45) is 0 Å². The second kappa shape index (κ2) is 8.59. The number of nitrogens with zero attached hydrogens (tertiary/aromatic N) is 1. The molecule has 0 bridgehead atoms. The topological polar surface area (TPSA) is 70.2 Å². The summed E-state index contributed by atoms with van der Waals surface area (Å²) in [4.78, 5) is 16.7. The van der Waals surface area contributed by atoms with Gasteiger partial charge in [-0.2, -0.15) is 4.31 Å². The summed E-state index contributed by atoms with van der Waals surface area (Å²) in [7, 11) is -3.94. The van der Waals surface area contributed by atoms with Crippen molar-refractivity contribution in [2.75, 3.05) is 0 Å². The maximum absolute atomic E-state index is 13.5. The summed E-state index contributed by atoms with van der Waals surface area (Å²) >= 11 is 7.68. The average Bonchev–Trinajstić information content (AvgIpc) is 3.24. The molecule has 2 heterocycles. The molecule has 1 N–H and O–H groups in total. The fourth-order valence-electron chi connectivity index (χ4n) is 3.52. The van der Waals surface area contributed by atoms with Gasteiger partial charge in [0.15, 0.2) is 0 Å². The van der Waals surface area contributed by atoms with Crippen molar-refractivity contribution >= 4 is 43.9 Å². The Kier molecular flexibility index (Phi) is 6.03. The van der Waals surface area contributed by atoms with E-state index in [1.165, 1.54) is 21.7 Å². The summed E-state index contributed by atoms with van der Waals surface area (Å²) in [6.45, 7) is 3.98. The van der Waals surface area contributed by atoms with E-state index in [0.29, 0.717) is 5.56 Å². The number of benzene rings is 2. The van der Waals surface area contributed by atoms with E-state index >= 15 is 0 Å². The number of nitrogens with one attached hydrogen (secondary N) is 1. The highest BCUT2D eigenvalue weighted by atomic mass is 35.5. The molecule has 0 aliphatic rings. The second-order valence-electron chi connectivity index (χ2n) is 7.39. The maximum atomic E-state index is 13.5. The molecule has 0 aliphatic heterocycles. The third kappa shape index (κ3) is 4.32. The van der Waals surface area contributed by atoms with E-state index in [1.54, 1.807) is 24.3 Å². The standard InChI is InChI=1S/C23H21ClN2O3S2/c1-15-9-10-16(2)22-19(15)12-17(23(27)25-22)13-26(14-18-6-5-11-30-18)31(28,29)21-8-4-3-7-20(21)24/h3-12H,13-14H2,1-2H3,(H,25,27). The highest BCUT2D eigenvalue weighted by Crippen LogP contribution is 2.28. The van der Waals surface area contributed by atoms with E-state index in [9.17, 15) is 13.2 Å². The van der Waals surface area contributed by atoms with E-state index in [0.717, 1.165) is 26.9 Å². The van der Waals surface area contributed by atoms with E-state index in [-0.39, 0.29) is 28.6 Å². The Labute approximate surface area is 190 Å². The molecule has 0 radical (unpaired) electrons. The molecule has 0 saturated carbocycles. The number of pyridine rings is 1. The molecule has 31 heavy (non-hydrogen) atoms. The zero-order valence-electron chi connectivity index (χ0n) is 17.1. The average molecular weight is 473 g/mol. The van der Waals surface area contributed by atoms with Gasteiger partial charge in [0.2, 0.25) is 10.0 Å². The van der Waals surface area contributed by atoms with Gasteiger partial charge in [0.1, 0.15) is 4.90 Å². The second-order valence-corrected chi connectivity index (χ2v) is 10.7. The third-order valence-electron chi connectivity index (χ3n) is 5.23. The minimum Gasteiger partial charge on any atom is -0.321 e. The summed E-state index contributed by atoms with van der Waals surface area (Å²) in [6.07, 6.45) is 0. The Bertz CT molecular complexity index is 1410. The van der Waals surface area contributed by atoms with Crippen LogP contribution in [-0.2, 0) is 23.1 Å². The van der Waals surface area contributed by atoms with Gasteiger partial charge in [-0.3, -0.25) is 4.79 Å². The van der Waals surface area contributed by atoms with Crippen LogP contribution in [0.4, 0.5) is 0 Å². The third-order valence-corrected chi connectivity index (χ3v) is 8.39. The lowest BCUT2D eigenvalue weighted by molar-refractivity contribution is 0.402. The number of aromatic nitrogens is 1. The number of rotatable bonds is 6. The van der Waals surface area contributed by atoms with Gasteiger partial charge in [0.05, 0.1) is 10.5 Å². The minimum atomic E-state index is -3.94. The molecule has 0 spiro atoms. The molecule has 0 aliphatic carbocycles. The van der Waals surface area contributed by atoms with Gasteiger partial charge in [0.25, 0.3) is 5.56 Å². The smallest absolute Gasteiger partial charge is 0.252 e. The Balaban J connectivity index is 1.82. The van der Waals surface area contributed by atoms with Crippen molar-refractivity contribution in [3.05, 3.63) is 96.9 Å². The highest BCUT2D eigenvalue weighted by Gasteiger charge is 2.28. The minimum absolute atomic E-state index is 0.0254. The summed E-state index contributed by atoms with van der Waals surface area (Å²) in [5.41, 5.74) is 2.83. The van der Waals surface area contributed by atoms with Crippen LogP contribution in [0.2, 0.25) is 5.02 Å². The molecule has 160 valence electrons. The highest BCUT2D eigenvalue weighted by molar-refractivity contribution is 7.89. The van der Waals surface area contributed by atoms with Crippen LogP contribution < -0.4 is 5.56 Å². The lowest BCUT2D eigenvalue weighted by Gasteiger charge is -2.22. The summed E-state index contributed by atoms with van der Waals surface area (Å²) in [6, 6.07) is 15.8. The Morgan fingerprint density at radius 1 is 1.00 bits per heavy atom. The number of aryl methyl sites for hydroxylation is 2. The number of hydrogen-bond donors (Lipinski definition) is 1. The predicted octanol–water partition coefficient (Wildman–Crippen LogP) is 5.25. The molecule has 0 amide bonds. The molecule has 8 heteroatoms. The number of aromatic amines is 1. The molecule has 2 aromatic carbocycles. The summed E-state index contributed by atoms with van der Waals surface area (Å²) < 4.78 is 28.3. The van der Waals surface area contributed by atoms with Crippen molar-refractivity contribution in [1.29, 1.82) is 0 Å². The summed E-state index contributed by atoms with van der Waals surface area (Å²) in [5.74, 6) is 0. The van der Waals surface area contributed by atoms with Crippen molar-refractivity contribution in [1.82, 2.24) is 9.29 Å². The number of thiophene rings is 1. The fraction of sp³-hybridized carbons (Fsp3) is 0.174. The molecular weight excluding hydrogens is 452 g/mol. The zero-order valence-corrected chi connectivity index (χ0v) is 19.4. The van der Waals surface area contributed by atoms with Crippen LogP contribution in [0.3, 0.4) is 0 Å². The molecule has 0 atom stereocenters. The molecule has 0 saturated heterocycles. The first-order valence-electron chi connectivity index (χ1n) is 9.66. The van der Waals surface area contributed by atoms with E-state index in [2.05, 4.69) is 4.98 Å². The molecule has 4 aromatic rings. The van der Waals surface area contributed by atoms with Gasteiger partial charge >= 0.3 is 0 Å². The van der Waals surface area contributed by atoms with Crippen LogP contribution in [0.25, 0.3) is 10.9 Å². The SMILES string of the molecule is Cc1ccc(C)c2[nH]c(=O)c(CN(Cc3cccs3)S(=O)(=O)c3ccccc3Cl)cc12. The van der Waals surface area contributed by atoms with Crippen LogP contribution in [0.1, 0.15) is 21.6 Å². The van der Waals surface area contributed by atoms with Gasteiger partial charge in [-0.05, 0) is 54.6 Å². The fourth-order valence-corrected chi connectivity index (χ4v) is 6.21. The number of fused-ring (bicyclic) bond motifs is 1. The molecule has 5 nitrogen and oxygen atoms in total. The lowest BCUT2D eigenvalue weighted by atomic mass is 10.0. The number of sulfonamides is 1. The first kappa shape index (κ1) is 21.8. The van der Waals surface area contributed by atoms with Gasteiger partial charge < -0.3 is 4.98 Å². The Hall–Kier alpha value is -2.45. The van der Waals surface area contributed by atoms with Crippen LogP contribution >= 0.6 is 22.9 Å². The van der Waals surface area contributed by atoms with E-state index in [1.807, 2.05) is 43.5 Å². The molecule has 4 rings (SSSR count). The van der Waals surface area contributed by atoms with Gasteiger partial charge in [-0.1, -0.05) is 41.9 Å². The van der Waals surface area contributed by atoms with Gasteiger partial charge in [-0.25, -0.2) is 8.42 Å². The number of halogens is 1. The van der Waals surface area contributed by atoms with Crippen molar-refractivity contribution < 1.29 is 8.42 Å². The number of hydrogen-bond acceptors (Lipinski definition) is 4. The first-order chi connectivity index (χ1) is 14.8. The van der Waals surface area contributed by atoms with E-state index in [4.69, 9.17) is 11.6 Å². The van der Waals surface area contributed by atoms with Crippen LogP contribution in [0.15, 0.2) is 69.7 Å². The Morgan fingerprint density at radius 2 is 1.74 bits per heavy atom. The van der Waals surface area contributed by atoms with Crippen LogP contribution in [-0.4, -0.2) is 17.7 Å². The zero-order chi connectivity index (χ0) is 22.2. The quantitative estimate of drug-likeness (QED) is 0.416. The van der Waals surface area contributed by atoms with E-state index < -0.39 is 10.0 Å². The molecule has 2 aromatic heterocycles. The van der Waals surface area contributed by atoms with Crippen LogP contribution in [0, 0.1) is 13.8 Å². The molecular formula is C23H21ClN2O3S2. The first-order valence-corrected chi connectivity index (χ1v) is 12.4. The normalized spacial score (nSPS) is 12.0. The predicted molar refractivity (Wildman–Crippen MR) is 126 cm³/mol. The van der Waals surface area contributed by atoms with Crippen molar-refractivity contribution in [2.45, 2.75) is 31.8 Å². The monoisotopic (exact) mass is 472 g/mol. The van der Waals surface area contributed by atoms with Crippen LogP contribution in [0.5, 0.6) is 0 Å². The largest absolute Gasteiger partial charge is 0.321 e. The van der Waals surface area contributed by atoms with Gasteiger partial charge in [0, 0.05) is 28.9 Å².